The number of anilines is 1. The van der Waals surface area contributed by atoms with E-state index in [1.165, 1.54) is 11.1 Å². The van der Waals surface area contributed by atoms with Crippen molar-refractivity contribution >= 4 is 11.6 Å². The van der Waals surface area contributed by atoms with Crippen LogP contribution in [0.25, 0.3) is 0 Å². The quantitative estimate of drug-likeness (QED) is 0.784. The smallest absolute Gasteiger partial charge is 0.242 e. The molecule has 1 saturated heterocycles. The summed E-state index contributed by atoms with van der Waals surface area (Å²) in [5.41, 5.74) is 3.41. The van der Waals surface area contributed by atoms with Crippen LogP contribution in [0.4, 0.5) is 5.69 Å². The number of nitrogens with one attached hydrogen (secondary N) is 3. The van der Waals surface area contributed by atoms with Gasteiger partial charge in [0.2, 0.25) is 5.91 Å². The molecule has 1 amide bonds. The van der Waals surface area contributed by atoms with Gasteiger partial charge in [0.25, 0.3) is 0 Å². The summed E-state index contributed by atoms with van der Waals surface area (Å²) in [6.07, 6.45) is 1.85. The topological polar surface area (TPSA) is 53.2 Å². The van der Waals surface area contributed by atoms with E-state index in [0.29, 0.717) is 12.6 Å². The summed E-state index contributed by atoms with van der Waals surface area (Å²) in [7, 11) is 0. The van der Waals surface area contributed by atoms with Crippen molar-refractivity contribution in [2.75, 3.05) is 18.4 Å². The Kier molecular flexibility index (Phi) is 5.15. The van der Waals surface area contributed by atoms with Crippen LogP contribution in [0.15, 0.2) is 18.2 Å². The first-order chi connectivity index (χ1) is 9.65. The molecule has 0 saturated carbocycles. The third-order valence-electron chi connectivity index (χ3n) is 3.90. The molecule has 1 heterocycles. The Balaban J connectivity index is 2.11. The van der Waals surface area contributed by atoms with Crippen molar-refractivity contribution in [2.45, 2.75) is 45.7 Å². The molecule has 4 nitrogen and oxygen atoms in total. The van der Waals surface area contributed by atoms with E-state index >= 15 is 0 Å². The molecule has 0 aromatic heterocycles. The minimum absolute atomic E-state index is 0.0556. The highest BCUT2D eigenvalue weighted by Crippen LogP contribution is 2.22. The van der Waals surface area contributed by atoms with Crippen molar-refractivity contribution in [2.24, 2.45) is 0 Å². The summed E-state index contributed by atoms with van der Waals surface area (Å²) >= 11 is 0. The number of carbonyl (C=O) groups is 1. The second kappa shape index (κ2) is 6.86. The standard InChI is InChI=1S/C16H25N3O/c1-4-12-7-6-8-13(5-2)15(12)19-16(20)14-10-17-11(3)9-18-14/h6-8,11,14,17-18H,4-5,9-10H2,1-3H3,(H,19,20). The normalized spacial score (nSPS) is 22.6. The van der Waals surface area contributed by atoms with E-state index in [1.807, 2.05) is 0 Å². The molecule has 0 spiro atoms. The van der Waals surface area contributed by atoms with Crippen LogP contribution in [0, 0.1) is 0 Å². The minimum atomic E-state index is -0.152. The lowest BCUT2D eigenvalue weighted by Crippen LogP contribution is -2.57. The van der Waals surface area contributed by atoms with E-state index < -0.39 is 0 Å². The van der Waals surface area contributed by atoms with E-state index in [0.717, 1.165) is 25.1 Å². The summed E-state index contributed by atoms with van der Waals surface area (Å²) in [6, 6.07) is 6.51. The van der Waals surface area contributed by atoms with Crippen LogP contribution < -0.4 is 16.0 Å². The molecule has 110 valence electrons. The Morgan fingerprint density at radius 1 is 1.20 bits per heavy atom. The van der Waals surface area contributed by atoms with Crippen LogP contribution in [0.5, 0.6) is 0 Å². The van der Waals surface area contributed by atoms with E-state index in [-0.39, 0.29) is 11.9 Å². The third kappa shape index (κ3) is 3.38. The molecule has 0 radical (unpaired) electrons. The lowest BCUT2D eigenvalue weighted by Gasteiger charge is -2.28. The number of rotatable bonds is 4. The number of piperazine rings is 1. The highest BCUT2D eigenvalue weighted by molar-refractivity contribution is 5.96. The summed E-state index contributed by atoms with van der Waals surface area (Å²) in [6.45, 7) is 7.86. The van der Waals surface area contributed by atoms with Crippen LogP contribution in [0.1, 0.15) is 31.9 Å². The third-order valence-corrected chi connectivity index (χ3v) is 3.90. The maximum atomic E-state index is 12.4. The number of aryl methyl sites for hydroxylation is 2. The molecule has 2 rings (SSSR count). The van der Waals surface area contributed by atoms with Gasteiger partial charge in [0, 0.05) is 24.8 Å². The first-order valence-electron chi connectivity index (χ1n) is 7.54. The maximum absolute atomic E-state index is 12.4. The van der Waals surface area contributed by atoms with Crippen LogP contribution in [0.2, 0.25) is 0 Å². The van der Waals surface area contributed by atoms with Crippen LogP contribution in [-0.2, 0) is 17.6 Å². The Morgan fingerprint density at radius 3 is 2.35 bits per heavy atom. The van der Waals surface area contributed by atoms with Crippen LogP contribution in [0.3, 0.4) is 0 Å². The molecular weight excluding hydrogens is 250 g/mol. The van der Waals surface area contributed by atoms with Gasteiger partial charge in [-0.2, -0.15) is 0 Å². The molecule has 1 aromatic rings. The van der Waals surface area contributed by atoms with Gasteiger partial charge in [-0.05, 0) is 30.9 Å². The predicted octanol–water partition coefficient (Wildman–Crippen LogP) is 1.70. The van der Waals surface area contributed by atoms with Gasteiger partial charge in [0.05, 0.1) is 6.04 Å². The van der Waals surface area contributed by atoms with E-state index in [1.54, 1.807) is 0 Å². The van der Waals surface area contributed by atoms with Crippen molar-refractivity contribution in [3.05, 3.63) is 29.3 Å². The van der Waals surface area contributed by atoms with Gasteiger partial charge in [-0.1, -0.05) is 32.0 Å². The number of amides is 1. The molecule has 3 N–H and O–H groups in total. The molecule has 20 heavy (non-hydrogen) atoms. The fourth-order valence-electron chi connectivity index (χ4n) is 2.58. The first kappa shape index (κ1) is 15.0. The Morgan fingerprint density at radius 2 is 1.85 bits per heavy atom. The number of hydrogen-bond donors (Lipinski definition) is 3. The van der Waals surface area contributed by atoms with Gasteiger partial charge >= 0.3 is 0 Å². The van der Waals surface area contributed by atoms with Crippen molar-refractivity contribution in [1.29, 1.82) is 0 Å². The lowest BCUT2D eigenvalue weighted by molar-refractivity contribution is -0.118. The van der Waals surface area contributed by atoms with Crippen molar-refractivity contribution in [3.63, 3.8) is 0 Å². The number of benzene rings is 1. The second-order valence-corrected chi connectivity index (χ2v) is 5.42. The predicted molar refractivity (Wildman–Crippen MR) is 83.1 cm³/mol. The van der Waals surface area contributed by atoms with Crippen LogP contribution in [-0.4, -0.2) is 31.1 Å². The highest BCUT2D eigenvalue weighted by atomic mass is 16.2. The molecule has 1 aromatic carbocycles. The summed E-state index contributed by atoms with van der Waals surface area (Å²) < 4.78 is 0. The zero-order valence-corrected chi connectivity index (χ0v) is 12.6. The summed E-state index contributed by atoms with van der Waals surface area (Å²) in [4.78, 5) is 12.4. The van der Waals surface area contributed by atoms with Gasteiger partial charge in [-0.25, -0.2) is 0 Å². The average molecular weight is 275 g/mol. The second-order valence-electron chi connectivity index (χ2n) is 5.42. The Labute approximate surface area is 121 Å². The van der Waals surface area contributed by atoms with Gasteiger partial charge < -0.3 is 16.0 Å². The van der Waals surface area contributed by atoms with Crippen molar-refractivity contribution < 1.29 is 4.79 Å². The highest BCUT2D eigenvalue weighted by Gasteiger charge is 2.24. The molecule has 2 atom stereocenters. The minimum Gasteiger partial charge on any atom is -0.324 e. The summed E-state index contributed by atoms with van der Waals surface area (Å²) in [5.74, 6) is 0.0556. The van der Waals surface area contributed by atoms with Crippen LogP contribution >= 0.6 is 0 Å². The van der Waals surface area contributed by atoms with Gasteiger partial charge in [-0.15, -0.1) is 0 Å². The first-order valence-corrected chi connectivity index (χ1v) is 7.54. The molecule has 1 aliphatic rings. The number of carbonyl (C=O) groups excluding carboxylic acids is 1. The molecule has 0 bridgehead atoms. The zero-order chi connectivity index (χ0) is 14.5. The van der Waals surface area contributed by atoms with Crippen molar-refractivity contribution in [1.82, 2.24) is 10.6 Å². The number of para-hydroxylation sites is 1. The molecular formula is C16H25N3O. The maximum Gasteiger partial charge on any atom is 0.242 e. The zero-order valence-electron chi connectivity index (χ0n) is 12.6. The van der Waals surface area contributed by atoms with Gasteiger partial charge in [0.15, 0.2) is 0 Å². The lowest BCUT2D eigenvalue weighted by atomic mass is 10.0. The van der Waals surface area contributed by atoms with Crippen molar-refractivity contribution in [3.8, 4) is 0 Å². The van der Waals surface area contributed by atoms with Gasteiger partial charge in [0.1, 0.15) is 0 Å². The van der Waals surface area contributed by atoms with Gasteiger partial charge in [-0.3, -0.25) is 4.79 Å². The van der Waals surface area contributed by atoms with E-state index in [4.69, 9.17) is 0 Å². The fraction of sp³-hybridized carbons (Fsp3) is 0.562. The molecule has 2 unspecified atom stereocenters. The summed E-state index contributed by atoms with van der Waals surface area (Å²) in [5, 5.41) is 9.75. The Hall–Kier alpha value is -1.39. The fourth-order valence-corrected chi connectivity index (χ4v) is 2.58. The molecule has 0 aliphatic carbocycles. The average Bonchev–Trinajstić information content (AvgIpc) is 2.48. The molecule has 4 heteroatoms. The van der Waals surface area contributed by atoms with E-state index in [9.17, 15) is 4.79 Å². The largest absolute Gasteiger partial charge is 0.324 e. The number of hydrogen-bond acceptors (Lipinski definition) is 3. The SMILES string of the molecule is CCc1cccc(CC)c1NC(=O)C1CNC(C)CN1. The Bertz CT molecular complexity index is 443. The van der Waals surface area contributed by atoms with E-state index in [2.05, 4.69) is 54.9 Å². The molecule has 1 fully saturated rings. The molecule has 1 aliphatic heterocycles. The monoisotopic (exact) mass is 275 g/mol.